The number of hydrogen-bond acceptors (Lipinski definition) is 6. The molecule has 8 nitrogen and oxygen atoms in total. The molecule has 0 aliphatic carbocycles. The number of amides is 1. The maximum absolute atomic E-state index is 13.1. The molecular weight excluding hydrogens is 449 g/mol. The number of likely N-dealkylation sites (N-methyl/N-ethyl adjacent to an activating group) is 1. The molecule has 33 heavy (non-hydrogen) atoms. The van der Waals surface area contributed by atoms with Crippen LogP contribution in [0.3, 0.4) is 0 Å². The van der Waals surface area contributed by atoms with Crippen molar-refractivity contribution in [3.05, 3.63) is 66.0 Å². The zero-order valence-electron chi connectivity index (χ0n) is 18.7. The molecule has 2 aromatic rings. The van der Waals surface area contributed by atoms with E-state index < -0.39 is 34.5 Å². The van der Waals surface area contributed by atoms with Gasteiger partial charge in [0, 0.05) is 39.8 Å². The van der Waals surface area contributed by atoms with Crippen LogP contribution in [-0.2, 0) is 30.9 Å². The van der Waals surface area contributed by atoms with Gasteiger partial charge in [-0.25, -0.2) is 12.8 Å². The topological polar surface area (TPSA) is 87.2 Å². The number of sulfonamides is 1. The van der Waals surface area contributed by atoms with Crippen molar-refractivity contribution >= 4 is 21.9 Å². The van der Waals surface area contributed by atoms with Crippen molar-refractivity contribution in [3.63, 3.8) is 0 Å². The molecule has 0 saturated carbocycles. The molecule has 1 aliphatic rings. The van der Waals surface area contributed by atoms with E-state index in [1.807, 2.05) is 18.2 Å². The Morgan fingerprint density at radius 2 is 1.64 bits per heavy atom. The van der Waals surface area contributed by atoms with Crippen molar-refractivity contribution in [1.82, 2.24) is 14.1 Å². The average Bonchev–Trinajstić information content (AvgIpc) is 2.80. The Labute approximate surface area is 193 Å². The standard InChI is InChI=1S/C23H28FN3O5S/c1-18(23(29)27-14-12-26(13-15-27)16-19-6-4-3-5-7-19)32-22(28)17-25(2)33(30,31)21-10-8-20(24)9-11-21/h3-11,18H,12-17H2,1-2H3. The van der Waals surface area contributed by atoms with Crippen LogP contribution in [0.2, 0.25) is 0 Å². The second kappa shape index (κ2) is 10.9. The first kappa shape index (κ1) is 24.8. The fraction of sp³-hybridized carbons (Fsp3) is 0.391. The fourth-order valence-corrected chi connectivity index (χ4v) is 4.68. The molecule has 0 aromatic heterocycles. The van der Waals surface area contributed by atoms with E-state index in [1.165, 1.54) is 19.5 Å². The average molecular weight is 478 g/mol. The quantitative estimate of drug-likeness (QED) is 0.538. The number of esters is 1. The van der Waals surface area contributed by atoms with Gasteiger partial charge in [-0.05, 0) is 36.8 Å². The van der Waals surface area contributed by atoms with Crippen LogP contribution in [0, 0.1) is 5.82 Å². The highest BCUT2D eigenvalue weighted by Crippen LogP contribution is 2.15. The third kappa shape index (κ3) is 6.59. The van der Waals surface area contributed by atoms with Gasteiger partial charge in [-0.1, -0.05) is 30.3 Å². The van der Waals surface area contributed by atoms with Crippen LogP contribution in [0.1, 0.15) is 12.5 Å². The number of carbonyl (C=O) groups is 2. The smallest absolute Gasteiger partial charge is 0.322 e. The lowest BCUT2D eigenvalue weighted by Gasteiger charge is -2.35. The maximum Gasteiger partial charge on any atom is 0.322 e. The van der Waals surface area contributed by atoms with Crippen LogP contribution in [0.25, 0.3) is 0 Å². The number of rotatable bonds is 8. The number of piperazine rings is 1. The molecule has 0 radical (unpaired) electrons. The number of ether oxygens (including phenoxy) is 1. The van der Waals surface area contributed by atoms with Gasteiger partial charge < -0.3 is 9.64 Å². The Hall–Kier alpha value is -2.82. The molecule has 3 rings (SSSR count). The van der Waals surface area contributed by atoms with Crippen LogP contribution in [0.5, 0.6) is 0 Å². The van der Waals surface area contributed by atoms with Crippen LogP contribution in [-0.4, -0.2) is 80.3 Å². The van der Waals surface area contributed by atoms with E-state index in [1.54, 1.807) is 4.90 Å². The first-order valence-corrected chi connectivity index (χ1v) is 12.1. The minimum absolute atomic E-state index is 0.142. The summed E-state index contributed by atoms with van der Waals surface area (Å²) in [4.78, 5) is 28.7. The summed E-state index contributed by atoms with van der Waals surface area (Å²) in [6.45, 7) is 4.17. The van der Waals surface area contributed by atoms with Gasteiger partial charge in [-0.15, -0.1) is 0 Å². The van der Waals surface area contributed by atoms with Crippen LogP contribution in [0.4, 0.5) is 4.39 Å². The third-order valence-corrected chi connectivity index (χ3v) is 7.28. The van der Waals surface area contributed by atoms with Gasteiger partial charge >= 0.3 is 5.97 Å². The summed E-state index contributed by atoms with van der Waals surface area (Å²) in [5, 5.41) is 0. The number of carbonyl (C=O) groups excluding carboxylic acids is 2. The minimum Gasteiger partial charge on any atom is -0.452 e. The Morgan fingerprint density at radius 1 is 1.03 bits per heavy atom. The van der Waals surface area contributed by atoms with Crippen molar-refractivity contribution < 1.29 is 27.1 Å². The lowest BCUT2D eigenvalue weighted by Crippen LogP contribution is -2.51. The van der Waals surface area contributed by atoms with Crippen LogP contribution < -0.4 is 0 Å². The molecule has 0 bridgehead atoms. The zero-order valence-corrected chi connectivity index (χ0v) is 19.5. The van der Waals surface area contributed by atoms with Crippen molar-refractivity contribution in [2.45, 2.75) is 24.5 Å². The maximum atomic E-state index is 13.1. The number of halogens is 1. The predicted octanol–water partition coefficient (Wildman–Crippen LogP) is 1.72. The summed E-state index contributed by atoms with van der Waals surface area (Å²) < 4.78 is 44.1. The first-order chi connectivity index (χ1) is 15.7. The second-order valence-corrected chi connectivity index (χ2v) is 9.98. The molecule has 0 spiro atoms. The zero-order chi connectivity index (χ0) is 24.0. The summed E-state index contributed by atoms with van der Waals surface area (Å²) in [5.41, 5.74) is 1.21. The third-order valence-electron chi connectivity index (χ3n) is 5.46. The Morgan fingerprint density at radius 3 is 2.24 bits per heavy atom. The van der Waals surface area contributed by atoms with Gasteiger partial charge in [0.2, 0.25) is 10.0 Å². The molecule has 1 unspecified atom stereocenters. The highest BCUT2D eigenvalue weighted by Gasteiger charge is 2.29. The van der Waals surface area contributed by atoms with Gasteiger partial charge in [0.25, 0.3) is 5.91 Å². The molecule has 2 aromatic carbocycles. The molecule has 1 fully saturated rings. The van der Waals surface area contributed by atoms with Crippen molar-refractivity contribution in [1.29, 1.82) is 0 Å². The minimum atomic E-state index is -3.99. The summed E-state index contributed by atoms with van der Waals surface area (Å²) >= 11 is 0. The Balaban J connectivity index is 1.47. The molecule has 1 heterocycles. The van der Waals surface area contributed by atoms with E-state index in [2.05, 4.69) is 17.0 Å². The monoisotopic (exact) mass is 477 g/mol. The van der Waals surface area contributed by atoms with Gasteiger partial charge in [0.05, 0.1) is 4.90 Å². The lowest BCUT2D eigenvalue weighted by molar-refractivity contribution is -0.159. The van der Waals surface area contributed by atoms with E-state index >= 15 is 0 Å². The van der Waals surface area contributed by atoms with Crippen LogP contribution >= 0.6 is 0 Å². The summed E-state index contributed by atoms with van der Waals surface area (Å²) in [5.74, 6) is -1.72. The van der Waals surface area contributed by atoms with E-state index in [9.17, 15) is 22.4 Å². The van der Waals surface area contributed by atoms with E-state index in [0.29, 0.717) is 26.2 Å². The number of benzene rings is 2. The highest BCUT2D eigenvalue weighted by atomic mass is 32.2. The lowest BCUT2D eigenvalue weighted by atomic mass is 10.2. The summed E-state index contributed by atoms with van der Waals surface area (Å²) in [7, 11) is -2.77. The number of nitrogens with zero attached hydrogens (tertiary/aromatic N) is 3. The van der Waals surface area contributed by atoms with Gasteiger partial charge in [0.1, 0.15) is 12.4 Å². The van der Waals surface area contributed by atoms with Crippen LogP contribution in [0.15, 0.2) is 59.5 Å². The Kier molecular flexibility index (Phi) is 8.17. The summed E-state index contributed by atoms with van der Waals surface area (Å²) in [6, 6.07) is 14.4. The molecule has 1 aliphatic heterocycles. The highest BCUT2D eigenvalue weighted by molar-refractivity contribution is 7.89. The van der Waals surface area contributed by atoms with E-state index in [0.717, 1.165) is 35.1 Å². The Bertz CT molecular complexity index is 1060. The van der Waals surface area contributed by atoms with Gasteiger partial charge in [-0.3, -0.25) is 14.5 Å². The normalized spacial score (nSPS) is 15.9. The molecule has 178 valence electrons. The summed E-state index contributed by atoms with van der Waals surface area (Å²) in [6.07, 6.45) is -1.03. The molecule has 0 N–H and O–H groups in total. The largest absolute Gasteiger partial charge is 0.452 e. The van der Waals surface area contributed by atoms with Crippen molar-refractivity contribution in [3.8, 4) is 0 Å². The van der Waals surface area contributed by atoms with E-state index in [4.69, 9.17) is 4.74 Å². The molecular formula is C23H28FN3O5S. The molecule has 1 amide bonds. The second-order valence-electron chi connectivity index (χ2n) is 7.93. The van der Waals surface area contributed by atoms with Crippen molar-refractivity contribution in [2.75, 3.05) is 39.8 Å². The van der Waals surface area contributed by atoms with Crippen molar-refractivity contribution in [2.24, 2.45) is 0 Å². The molecule has 1 saturated heterocycles. The molecule has 10 heteroatoms. The predicted molar refractivity (Wildman–Crippen MR) is 120 cm³/mol. The van der Waals surface area contributed by atoms with Gasteiger partial charge in [0.15, 0.2) is 6.10 Å². The van der Waals surface area contributed by atoms with E-state index in [-0.39, 0.29) is 10.8 Å². The van der Waals surface area contributed by atoms with Gasteiger partial charge in [-0.2, -0.15) is 4.31 Å². The first-order valence-electron chi connectivity index (χ1n) is 10.6. The number of hydrogen-bond donors (Lipinski definition) is 0. The molecule has 1 atom stereocenters. The SMILES string of the molecule is CC(OC(=O)CN(C)S(=O)(=O)c1ccc(F)cc1)C(=O)N1CCN(Cc2ccccc2)CC1. The fourth-order valence-electron chi connectivity index (χ4n) is 3.56.